The lowest BCUT2D eigenvalue weighted by molar-refractivity contribution is 1.20. The van der Waals surface area contributed by atoms with Crippen LogP contribution in [0.2, 0.25) is 15.1 Å². The molecule has 0 unspecified atom stereocenters. The zero-order valence-corrected chi connectivity index (χ0v) is 15.5. The van der Waals surface area contributed by atoms with Crippen LogP contribution >= 0.6 is 34.8 Å². The molecule has 2 heterocycles. The maximum absolute atomic E-state index is 6.14. The number of fused-ring (bicyclic) bond motifs is 1. The maximum Gasteiger partial charge on any atom is 0.163 e. The van der Waals surface area contributed by atoms with Crippen LogP contribution in [0.4, 0.5) is 11.5 Å². The van der Waals surface area contributed by atoms with Crippen molar-refractivity contribution in [3.8, 4) is 11.4 Å². The first kappa shape index (κ1) is 17.0. The summed E-state index contributed by atoms with van der Waals surface area (Å²) in [6.07, 6.45) is 3.42. The van der Waals surface area contributed by atoms with E-state index < -0.39 is 0 Å². The lowest BCUT2D eigenvalue weighted by Gasteiger charge is -2.12. The fourth-order valence-electron chi connectivity index (χ4n) is 2.53. The first-order valence-corrected chi connectivity index (χ1v) is 8.83. The van der Waals surface area contributed by atoms with Gasteiger partial charge in [0.2, 0.25) is 0 Å². The number of rotatable bonds is 3. The number of hydrogen-bond acceptors (Lipinski definition) is 4. The van der Waals surface area contributed by atoms with Crippen molar-refractivity contribution in [2.75, 3.05) is 5.32 Å². The van der Waals surface area contributed by atoms with E-state index in [1.54, 1.807) is 36.7 Å². The minimum absolute atomic E-state index is 0.463. The zero-order valence-electron chi connectivity index (χ0n) is 13.2. The van der Waals surface area contributed by atoms with E-state index in [-0.39, 0.29) is 0 Å². The number of hydrogen-bond donors (Lipinski definition) is 1. The Morgan fingerprint density at radius 2 is 1.73 bits per heavy atom. The molecule has 0 amide bonds. The second-order valence-corrected chi connectivity index (χ2v) is 6.80. The summed E-state index contributed by atoms with van der Waals surface area (Å²) in [5.74, 6) is 1.19. The normalized spacial score (nSPS) is 10.9. The summed E-state index contributed by atoms with van der Waals surface area (Å²) < 4.78 is 0. The predicted octanol–water partition coefficient (Wildman–Crippen LogP) is 6.40. The van der Waals surface area contributed by atoms with E-state index in [4.69, 9.17) is 34.8 Å². The number of pyridine rings is 1. The minimum atomic E-state index is 0.463. The molecule has 1 N–H and O–H groups in total. The van der Waals surface area contributed by atoms with Crippen LogP contribution < -0.4 is 5.32 Å². The maximum atomic E-state index is 6.14. The number of nitrogens with one attached hydrogen (secondary N) is 1. The third-order valence-electron chi connectivity index (χ3n) is 3.76. The Labute approximate surface area is 164 Å². The topological polar surface area (TPSA) is 50.7 Å². The molecule has 4 aromatic rings. The largest absolute Gasteiger partial charge is 0.340 e. The molecule has 4 rings (SSSR count). The van der Waals surface area contributed by atoms with Gasteiger partial charge in [0.05, 0.1) is 15.6 Å². The molecule has 2 aromatic heterocycles. The van der Waals surface area contributed by atoms with E-state index in [1.165, 1.54) is 0 Å². The second-order valence-electron chi connectivity index (χ2n) is 5.55. The number of anilines is 2. The van der Waals surface area contributed by atoms with Gasteiger partial charge in [-0.2, -0.15) is 0 Å². The van der Waals surface area contributed by atoms with E-state index in [1.807, 2.05) is 24.3 Å². The quantitative estimate of drug-likeness (QED) is 0.432. The molecule has 7 heteroatoms. The lowest BCUT2D eigenvalue weighted by atomic mass is 10.2. The van der Waals surface area contributed by atoms with Crippen LogP contribution in [0.1, 0.15) is 0 Å². The molecule has 0 fully saturated rings. The third kappa shape index (κ3) is 3.44. The fraction of sp³-hybridized carbons (Fsp3) is 0. The van der Waals surface area contributed by atoms with Crippen LogP contribution in [-0.2, 0) is 0 Å². The monoisotopic (exact) mass is 400 g/mol. The molecule has 0 bridgehead atoms. The van der Waals surface area contributed by atoms with Crippen molar-refractivity contribution in [3.63, 3.8) is 0 Å². The van der Waals surface area contributed by atoms with Gasteiger partial charge in [-0.05, 0) is 48.5 Å². The Morgan fingerprint density at radius 1 is 0.846 bits per heavy atom. The van der Waals surface area contributed by atoms with Crippen molar-refractivity contribution < 1.29 is 0 Å². The molecule has 0 aliphatic heterocycles. The van der Waals surface area contributed by atoms with Gasteiger partial charge in [0.1, 0.15) is 5.82 Å². The highest BCUT2D eigenvalue weighted by Gasteiger charge is 2.11. The van der Waals surface area contributed by atoms with E-state index in [0.717, 1.165) is 22.2 Å². The van der Waals surface area contributed by atoms with Gasteiger partial charge >= 0.3 is 0 Å². The number of aromatic nitrogens is 3. The number of benzene rings is 2. The number of nitrogens with zero attached hydrogens (tertiary/aromatic N) is 3. The Balaban J connectivity index is 1.87. The molecule has 0 atom stereocenters. The van der Waals surface area contributed by atoms with Gasteiger partial charge in [-0.1, -0.05) is 34.8 Å². The average molecular weight is 402 g/mol. The van der Waals surface area contributed by atoms with Crippen molar-refractivity contribution in [1.82, 2.24) is 15.0 Å². The molecule has 26 heavy (non-hydrogen) atoms. The molecular weight excluding hydrogens is 391 g/mol. The van der Waals surface area contributed by atoms with E-state index >= 15 is 0 Å². The highest BCUT2D eigenvalue weighted by Crippen LogP contribution is 2.31. The summed E-state index contributed by atoms with van der Waals surface area (Å²) in [4.78, 5) is 13.4. The summed E-state index contributed by atoms with van der Waals surface area (Å²) in [7, 11) is 0. The highest BCUT2D eigenvalue weighted by atomic mass is 35.5. The first-order valence-electron chi connectivity index (χ1n) is 7.70. The minimum Gasteiger partial charge on any atom is -0.340 e. The van der Waals surface area contributed by atoms with E-state index in [9.17, 15) is 0 Å². The van der Waals surface area contributed by atoms with Crippen LogP contribution in [0.15, 0.2) is 60.9 Å². The zero-order chi connectivity index (χ0) is 18.1. The molecule has 0 saturated carbocycles. The van der Waals surface area contributed by atoms with Crippen molar-refractivity contribution in [2.24, 2.45) is 0 Å². The van der Waals surface area contributed by atoms with Gasteiger partial charge in [0.15, 0.2) is 5.82 Å². The summed E-state index contributed by atoms with van der Waals surface area (Å²) in [5, 5.41) is 5.69. The first-order chi connectivity index (χ1) is 12.6. The summed E-state index contributed by atoms with van der Waals surface area (Å²) in [6, 6.07) is 14.5. The van der Waals surface area contributed by atoms with Crippen LogP contribution in [0.5, 0.6) is 0 Å². The standard InChI is InChI=1S/C19H11Cl3N4/c20-12-3-5-14-17(8-12)25-18(11-2-1-7-23-10-11)26-19(14)24-13-4-6-15(21)16(22)9-13/h1-10H,(H,24,25,26). The Morgan fingerprint density at radius 3 is 2.50 bits per heavy atom. The fourth-order valence-corrected chi connectivity index (χ4v) is 3.00. The Bertz CT molecular complexity index is 1100. The average Bonchev–Trinajstić information content (AvgIpc) is 2.65. The highest BCUT2D eigenvalue weighted by molar-refractivity contribution is 6.42. The van der Waals surface area contributed by atoms with Crippen molar-refractivity contribution in [2.45, 2.75) is 0 Å². The molecular formula is C19H11Cl3N4. The number of halogens is 3. The molecule has 0 aliphatic carbocycles. The smallest absolute Gasteiger partial charge is 0.163 e. The van der Waals surface area contributed by atoms with Crippen LogP contribution in [-0.4, -0.2) is 15.0 Å². The Hall–Kier alpha value is -2.40. The molecule has 128 valence electrons. The van der Waals surface area contributed by atoms with Gasteiger partial charge in [0.25, 0.3) is 0 Å². The van der Waals surface area contributed by atoms with E-state index in [2.05, 4.69) is 20.3 Å². The second kappa shape index (κ2) is 7.08. The Kier molecular flexibility index (Phi) is 4.64. The SMILES string of the molecule is Clc1ccc2c(Nc3ccc(Cl)c(Cl)c3)nc(-c3cccnc3)nc2c1. The van der Waals surface area contributed by atoms with Gasteiger partial charge in [0, 0.05) is 34.1 Å². The van der Waals surface area contributed by atoms with Crippen molar-refractivity contribution in [3.05, 3.63) is 76.0 Å². The van der Waals surface area contributed by atoms with Gasteiger partial charge < -0.3 is 5.32 Å². The summed E-state index contributed by atoms with van der Waals surface area (Å²) in [6.45, 7) is 0. The van der Waals surface area contributed by atoms with Crippen LogP contribution in [0.25, 0.3) is 22.3 Å². The molecule has 0 radical (unpaired) electrons. The third-order valence-corrected chi connectivity index (χ3v) is 4.74. The lowest BCUT2D eigenvalue weighted by Crippen LogP contribution is -1.99. The van der Waals surface area contributed by atoms with Crippen LogP contribution in [0.3, 0.4) is 0 Å². The van der Waals surface area contributed by atoms with Crippen LogP contribution in [0, 0.1) is 0 Å². The molecule has 0 saturated heterocycles. The predicted molar refractivity (Wildman–Crippen MR) is 108 cm³/mol. The van der Waals surface area contributed by atoms with E-state index in [0.29, 0.717) is 26.7 Å². The van der Waals surface area contributed by atoms with Gasteiger partial charge in [-0.15, -0.1) is 0 Å². The summed E-state index contributed by atoms with van der Waals surface area (Å²) >= 11 is 18.3. The van der Waals surface area contributed by atoms with Gasteiger partial charge in [-0.3, -0.25) is 4.98 Å². The molecule has 0 spiro atoms. The summed E-state index contributed by atoms with van der Waals surface area (Å²) in [5.41, 5.74) is 2.31. The van der Waals surface area contributed by atoms with Crippen molar-refractivity contribution >= 4 is 57.2 Å². The molecule has 2 aromatic carbocycles. The van der Waals surface area contributed by atoms with Crippen molar-refractivity contribution in [1.29, 1.82) is 0 Å². The molecule has 0 aliphatic rings. The van der Waals surface area contributed by atoms with Gasteiger partial charge in [-0.25, -0.2) is 9.97 Å². The molecule has 4 nitrogen and oxygen atoms in total.